The molecule has 1 amide bonds. The molecular formula is C15H16BrN3O2S. The number of rotatable bonds is 5. The molecule has 2 aromatic rings. The van der Waals surface area contributed by atoms with Crippen molar-refractivity contribution in [2.45, 2.75) is 19.8 Å². The van der Waals surface area contributed by atoms with Gasteiger partial charge in [-0.1, -0.05) is 41.1 Å². The van der Waals surface area contributed by atoms with Gasteiger partial charge in [0.2, 0.25) is 11.0 Å². The van der Waals surface area contributed by atoms with Gasteiger partial charge in [0, 0.05) is 22.0 Å². The van der Waals surface area contributed by atoms with Crippen LogP contribution in [0.2, 0.25) is 0 Å². The van der Waals surface area contributed by atoms with Gasteiger partial charge < -0.3 is 4.74 Å². The predicted molar refractivity (Wildman–Crippen MR) is 92.4 cm³/mol. The fourth-order valence-corrected chi connectivity index (χ4v) is 2.79. The van der Waals surface area contributed by atoms with Crippen LogP contribution in [0.25, 0.3) is 6.08 Å². The van der Waals surface area contributed by atoms with Crippen LogP contribution in [0.3, 0.4) is 0 Å². The van der Waals surface area contributed by atoms with E-state index >= 15 is 0 Å². The highest BCUT2D eigenvalue weighted by molar-refractivity contribution is 9.10. The van der Waals surface area contributed by atoms with E-state index in [-0.39, 0.29) is 5.91 Å². The second kappa shape index (κ2) is 7.51. The minimum Gasteiger partial charge on any atom is -0.496 e. The minimum atomic E-state index is -0.256. The number of nitrogens with zero attached hydrogens (tertiary/aromatic N) is 2. The van der Waals surface area contributed by atoms with Gasteiger partial charge in [-0.25, -0.2) is 0 Å². The maximum absolute atomic E-state index is 11.9. The fraction of sp³-hybridized carbons (Fsp3) is 0.267. The molecule has 1 aromatic heterocycles. The molecule has 0 aliphatic heterocycles. The number of hydrogen-bond donors (Lipinski definition) is 1. The Balaban J connectivity index is 2.06. The lowest BCUT2D eigenvalue weighted by molar-refractivity contribution is -0.111. The molecule has 1 aromatic carbocycles. The molecule has 0 saturated heterocycles. The van der Waals surface area contributed by atoms with Crippen molar-refractivity contribution in [1.82, 2.24) is 10.2 Å². The van der Waals surface area contributed by atoms with Crippen LogP contribution in [-0.4, -0.2) is 23.2 Å². The van der Waals surface area contributed by atoms with E-state index in [0.717, 1.165) is 15.0 Å². The summed E-state index contributed by atoms with van der Waals surface area (Å²) in [6.45, 7) is 4.07. The van der Waals surface area contributed by atoms with Crippen LogP contribution in [-0.2, 0) is 4.79 Å². The number of hydrogen-bond acceptors (Lipinski definition) is 5. The molecule has 22 heavy (non-hydrogen) atoms. The van der Waals surface area contributed by atoms with E-state index in [9.17, 15) is 4.79 Å². The number of ether oxygens (including phenoxy) is 1. The van der Waals surface area contributed by atoms with Crippen molar-refractivity contribution < 1.29 is 9.53 Å². The summed E-state index contributed by atoms with van der Waals surface area (Å²) in [7, 11) is 1.59. The molecule has 0 aliphatic carbocycles. The molecule has 0 atom stereocenters. The van der Waals surface area contributed by atoms with Crippen molar-refractivity contribution in [2.24, 2.45) is 0 Å². The molecule has 0 radical (unpaired) electrons. The predicted octanol–water partition coefficient (Wildman–Crippen LogP) is 4.08. The van der Waals surface area contributed by atoms with E-state index in [1.165, 1.54) is 17.4 Å². The topological polar surface area (TPSA) is 64.1 Å². The summed E-state index contributed by atoms with van der Waals surface area (Å²) < 4.78 is 6.17. The Morgan fingerprint density at radius 1 is 1.41 bits per heavy atom. The number of nitrogens with one attached hydrogen (secondary N) is 1. The van der Waals surface area contributed by atoms with Gasteiger partial charge in [-0.15, -0.1) is 10.2 Å². The van der Waals surface area contributed by atoms with Gasteiger partial charge in [-0.05, 0) is 24.3 Å². The van der Waals surface area contributed by atoms with Gasteiger partial charge in [-0.2, -0.15) is 0 Å². The third-order valence-electron chi connectivity index (χ3n) is 2.77. The molecule has 1 heterocycles. The molecule has 5 nitrogen and oxygen atoms in total. The van der Waals surface area contributed by atoms with E-state index in [0.29, 0.717) is 16.8 Å². The van der Waals surface area contributed by atoms with Crippen LogP contribution in [0.15, 0.2) is 28.7 Å². The molecule has 0 aliphatic rings. The monoisotopic (exact) mass is 381 g/mol. The maximum Gasteiger partial charge on any atom is 0.250 e. The Morgan fingerprint density at radius 2 is 2.18 bits per heavy atom. The average Bonchev–Trinajstić information content (AvgIpc) is 2.94. The van der Waals surface area contributed by atoms with Crippen molar-refractivity contribution in [3.63, 3.8) is 0 Å². The van der Waals surface area contributed by atoms with Crippen LogP contribution in [0.4, 0.5) is 5.13 Å². The van der Waals surface area contributed by atoms with Crippen molar-refractivity contribution in [1.29, 1.82) is 0 Å². The summed E-state index contributed by atoms with van der Waals surface area (Å²) in [5.74, 6) is 0.739. The largest absolute Gasteiger partial charge is 0.496 e. The second-order valence-corrected chi connectivity index (χ2v) is 6.73. The average molecular weight is 382 g/mol. The first-order chi connectivity index (χ1) is 10.5. The Kier molecular flexibility index (Phi) is 5.68. The molecule has 0 unspecified atom stereocenters. The number of amides is 1. The van der Waals surface area contributed by atoms with E-state index in [1.54, 1.807) is 13.2 Å². The molecule has 0 spiro atoms. The van der Waals surface area contributed by atoms with Crippen LogP contribution in [0.5, 0.6) is 5.75 Å². The Bertz CT molecular complexity index is 698. The van der Waals surface area contributed by atoms with E-state index in [1.807, 2.05) is 32.0 Å². The Hall–Kier alpha value is -1.73. The summed E-state index contributed by atoms with van der Waals surface area (Å²) in [5.41, 5.74) is 0.812. The zero-order valence-electron chi connectivity index (χ0n) is 12.5. The van der Waals surface area contributed by atoms with Gasteiger partial charge in [0.25, 0.3) is 0 Å². The van der Waals surface area contributed by atoms with Gasteiger partial charge in [-0.3, -0.25) is 10.1 Å². The quantitative estimate of drug-likeness (QED) is 0.792. The van der Waals surface area contributed by atoms with E-state index < -0.39 is 0 Å². The SMILES string of the molecule is COc1ccc(Br)cc1/C=C/C(=O)Nc1nnc(C(C)C)s1. The van der Waals surface area contributed by atoms with Crippen LogP contribution >= 0.6 is 27.3 Å². The smallest absolute Gasteiger partial charge is 0.250 e. The first kappa shape index (κ1) is 16.6. The van der Waals surface area contributed by atoms with Crippen LogP contribution < -0.4 is 10.1 Å². The Labute approximate surface area is 141 Å². The Morgan fingerprint density at radius 3 is 2.82 bits per heavy atom. The number of benzene rings is 1. The highest BCUT2D eigenvalue weighted by Crippen LogP contribution is 2.25. The molecule has 0 saturated carbocycles. The van der Waals surface area contributed by atoms with Gasteiger partial charge in [0.05, 0.1) is 7.11 Å². The molecule has 1 N–H and O–H groups in total. The van der Waals surface area contributed by atoms with Gasteiger partial charge in [0.1, 0.15) is 10.8 Å². The minimum absolute atomic E-state index is 0.256. The maximum atomic E-state index is 11.9. The number of halogens is 1. The molecular weight excluding hydrogens is 366 g/mol. The summed E-state index contributed by atoms with van der Waals surface area (Å²) in [6.07, 6.45) is 3.14. The molecule has 2 rings (SSSR count). The van der Waals surface area contributed by atoms with Crippen molar-refractivity contribution in [3.8, 4) is 5.75 Å². The molecule has 7 heteroatoms. The van der Waals surface area contributed by atoms with Crippen LogP contribution in [0, 0.1) is 0 Å². The fourth-order valence-electron chi connectivity index (χ4n) is 1.67. The van der Waals surface area contributed by atoms with Crippen molar-refractivity contribution in [2.75, 3.05) is 12.4 Å². The first-order valence-electron chi connectivity index (χ1n) is 6.65. The number of aromatic nitrogens is 2. The van der Waals surface area contributed by atoms with Gasteiger partial charge >= 0.3 is 0 Å². The zero-order chi connectivity index (χ0) is 16.1. The summed E-state index contributed by atoms with van der Waals surface area (Å²) in [5, 5.41) is 12.1. The molecule has 0 bridgehead atoms. The first-order valence-corrected chi connectivity index (χ1v) is 8.26. The summed E-state index contributed by atoms with van der Waals surface area (Å²) >= 11 is 4.78. The molecule has 0 fully saturated rings. The highest BCUT2D eigenvalue weighted by Gasteiger charge is 2.09. The summed E-state index contributed by atoms with van der Waals surface area (Å²) in [6, 6.07) is 5.59. The van der Waals surface area contributed by atoms with Crippen molar-refractivity contribution >= 4 is 44.4 Å². The lowest BCUT2D eigenvalue weighted by Gasteiger charge is -2.04. The lowest BCUT2D eigenvalue weighted by atomic mass is 10.2. The number of carbonyl (C=O) groups excluding carboxylic acids is 1. The zero-order valence-corrected chi connectivity index (χ0v) is 14.9. The normalized spacial score (nSPS) is 11.1. The number of anilines is 1. The van der Waals surface area contributed by atoms with Crippen LogP contribution in [0.1, 0.15) is 30.3 Å². The molecule has 116 valence electrons. The third-order valence-corrected chi connectivity index (χ3v) is 4.40. The highest BCUT2D eigenvalue weighted by atomic mass is 79.9. The third kappa shape index (κ3) is 4.38. The van der Waals surface area contributed by atoms with Crippen molar-refractivity contribution in [3.05, 3.63) is 39.3 Å². The van der Waals surface area contributed by atoms with E-state index in [4.69, 9.17) is 4.74 Å². The summed E-state index contributed by atoms with van der Waals surface area (Å²) in [4.78, 5) is 11.9. The number of methoxy groups -OCH3 is 1. The number of carbonyl (C=O) groups is 1. The standard InChI is InChI=1S/C15H16BrN3O2S/c1-9(2)14-18-19-15(22-14)17-13(20)7-4-10-8-11(16)5-6-12(10)21-3/h4-9H,1-3H3,(H,17,19,20)/b7-4+. The van der Waals surface area contributed by atoms with Gasteiger partial charge in [0.15, 0.2) is 0 Å². The second-order valence-electron chi connectivity index (χ2n) is 4.81. The lowest BCUT2D eigenvalue weighted by Crippen LogP contribution is -2.07. The van der Waals surface area contributed by atoms with E-state index in [2.05, 4.69) is 31.4 Å².